The number of aromatic nitrogens is 3. The van der Waals surface area contributed by atoms with Crippen LogP contribution in [0.25, 0.3) is 0 Å². The van der Waals surface area contributed by atoms with E-state index in [1.807, 2.05) is 18.2 Å². The predicted molar refractivity (Wildman–Crippen MR) is 80.1 cm³/mol. The standard InChI is InChI=1S/C15H20N4O2/c1-20-12-6-5-11(9-13(12)21-2)16-8-7-14-17-15(19-18-14)10-3-4-10/h5-6,9-10,16H,3-4,7-8H2,1-2H3,(H,17,18,19). The minimum atomic E-state index is 0.591. The number of ether oxygens (including phenoxy) is 2. The third-order valence-corrected chi connectivity index (χ3v) is 3.57. The summed E-state index contributed by atoms with van der Waals surface area (Å²) in [6.45, 7) is 0.786. The van der Waals surface area contributed by atoms with E-state index in [9.17, 15) is 0 Å². The first kappa shape index (κ1) is 13.7. The number of nitrogens with one attached hydrogen (secondary N) is 2. The summed E-state index contributed by atoms with van der Waals surface area (Å²) < 4.78 is 10.5. The van der Waals surface area contributed by atoms with Crippen molar-refractivity contribution in [3.8, 4) is 11.5 Å². The van der Waals surface area contributed by atoms with Crippen LogP contribution >= 0.6 is 0 Å². The van der Waals surface area contributed by atoms with Gasteiger partial charge in [-0.2, -0.15) is 5.10 Å². The van der Waals surface area contributed by atoms with E-state index in [4.69, 9.17) is 9.47 Å². The van der Waals surface area contributed by atoms with Gasteiger partial charge in [0, 0.05) is 30.6 Å². The zero-order valence-corrected chi connectivity index (χ0v) is 12.3. The van der Waals surface area contributed by atoms with Gasteiger partial charge in [0.15, 0.2) is 17.3 Å². The molecule has 2 aromatic rings. The summed E-state index contributed by atoms with van der Waals surface area (Å²) in [5.41, 5.74) is 0.995. The SMILES string of the molecule is COc1ccc(NCCc2nc(C3CC3)n[nH]2)cc1OC. The zero-order chi connectivity index (χ0) is 14.7. The van der Waals surface area contributed by atoms with Crippen molar-refractivity contribution in [1.82, 2.24) is 15.2 Å². The van der Waals surface area contributed by atoms with Crippen molar-refractivity contribution in [2.45, 2.75) is 25.2 Å². The van der Waals surface area contributed by atoms with Crippen LogP contribution in [0.3, 0.4) is 0 Å². The highest BCUT2D eigenvalue weighted by atomic mass is 16.5. The Kier molecular flexibility index (Phi) is 3.94. The van der Waals surface area contributed by atoms with Crippen molar-refractivity contribution in [2.75, 3.05) is 26.1 Å². The van der Waals surface area contributed by atoms with Gasteiger partial charge in [-0.1, -0.05) is 0 Å². The number of aromatic amines is 1. The number of H-pyrrole nitrogens is 1. The summed E-state index contributed by atoms with van der Waals surface area (Å²) in [4.78, 5) is 4.51. The topological polar surface area (TPSA) is 72.1 Å². The first-order valence-corrected chi connectivity index (χ1v) is 7.17. The molecule has 1 aromatic carbocycles. The fourth-order valence-electron chi connectivity index (χ4n) is 2.22. The van der Waals surface area contributed by atoms with Crippen molar-refractivity contribution in [3.05, 3.63) is 29.8 Å². The van der Waals surface area contributed by atoms with Crippen molar-refractivity contribution >= 4 is 5.69 Å². The van der Waals surface area contributed by atoms with E-state index in [1.54, 1.807) is 14.2 Å². The number of hydrogen-bond donors (Lipinski definition) is 2. The number of hydrogen-bond acceptors (Lipinski definition) is 5. The molecule has 0 bridgehead atoms. The van der Waals surface area contributed by atoms with Crippen LogP contribution in [0.1, 0.15) is 30.4 Å². The van der Waals surface area contributed by atoms with Gasteiger partial charge in [0.1, 0.15) is 5.82 Å². The number of methoxy groups -OCH3 is 2. The molecule has 0 unspecified atom stereocenters. The molecule has 2 N–H and O–H groups in total. The highest BCUT2D eigenvalue weighted by Gasteiger charge is 2.27. The maximum absolute atomic E-state index is 5.28. The van der Waals surface area contributed by atoms with Gasteiger partial charge in [-0.05, 0) is 25.0 Å². The predicted octanol–water partition coefficient (Wildman–Crippen LogP) is 2.35. The quantitative estimate of drug-likeness (QED) is 0.818. The Labute approximate surface area is 123 Å². The van der Waals surface area contributed by atoms with Crippen LogP contribution in [0.2, 0.25) is 0 Å². The molecule has 0 amide bonds. The molecule has 112 valence electrons. The monoisotopic (exact) mass is 288 g/mol. The summed E-state index contributed by atoms with van der Waals surface area (Å²) in [7, 11) is 3.27. The lowest BCUT2D eigenvalue weighted by atomic mass is 10.2. The summed E-state index contributed by atoms with van der Waals surface area (Å²) in [5.74, 6) is 3.94. The van der Waals surface area contributed by atoms with Gasteiger partial charge in [0.2, 0.25) is 0 Å². The molecule has 6 nitrogen and oxygen atoms in total. The van der Waals surface area contributed by atoms with Crippen molar-refractivity contribution in [1.29, 1.82) is 0 Å². The molecule has 3 rings (SSSR count). The molecule has 0 aliphatic heterocycles. The van der Waals surface area contributed by atoms with Crippen LogP contribution in [0.15, 0.2) is 18.2 Å². The maximum atomic E-state index is 5.28. The molecule has 0 atom stereocenters. The first-order valence-electron chi connectivity index (χ1n) is 7.17. The Morgan fingerprint density at radius 3 is 2.76 bits per heavy atom. The number of anilines is 1. The number of nitrogens with zero attached hydrogens (tertiary/aromatic N) is 2. The molecule has 0 saturated heterocycles. The zero-order valence-electron chi connectivity index (χ0n) is 12.3. The number of benzene rings is 1. The fraction of sp³-hybridized carbons (Fsp3) is 0.467. The molecule has 1 aromatic heterocycles. The van der Waals surface area contributed by atoms with Crippen LogP contribution in [0.4, 0.5) is 5.69 Å². The Hall–Kier alpha value is -2.24. The average Bonchev–Trinajstić information content (AvgIpc) is 3.27. The molecular weight excluding hydrogens is 268 g/mol. The van der Waals surface area contributed by atoms with Crippen LogP contribution in [-0.4, -0.2) is 35.9 Å². The smallest absolute Gasteiger partial charge is 0.162 e. The normalized spacial score (nSPS) is 14.0. The molecule has 1 aliphatic rings. The highest BCUT2D eigenvalue weighted by molar-refractivity contribution is 5.54. The van der Waals surface area contributed by atoms with Gasteiger partial charge in [0.25, 0.3) is 0 Å². The maximum Gasteiger partial charge on any atom is 0.162 e. The molecule has 0 spiro atoms. The molecule has 21 heavy (non-hydrogen) atoms. The van der Waals surface area contributed by atoms with Gasteiger partial charge in [0.05, 0.1) is 14.2 Å². The van der Waals surface area contributed by atoms with E-state index in [-0.39, 0.29) is 0 Å². The van der Waals surface area contributed by atoms with E-state index in [2.05, 4.69) is 20.5 Å². The minimum absolute atomic E-state index is 0.591. The fourth-order valence-corrected chi connectivity index (χ4v) is 2.22. The average molecular weight is 288 g/mol. The summed E-state index contributed by atoms with van der Waals surface area (Å²) >= 11 is 0. The van der Waals surface area contributed by atoms with E-state index >= 15 is 0 Å². The van der Waals surface area contributed by atoms with Gasteiger partial charge in [-0.25, -0.2) is 4.98 Å². The van der Waals surface area contributed by atoms with Crippen molar-refractivity contribution < 1.29 is 9.47 Å². The van der Waals surface area contributed by atoms with Gasteiger partial charge in [-0.3, -0.25) is 5.10 Å². The Bertz CT molecular complexity index is 607. The lowest BCUT2D eigenvalue weighted by molar-refractivity contribution is 0.355. The highest BCUT2D eigenvalue weighted by Crippen LogP contribution is 2.37. The van der Waals surface area contributed by atoms with Crippen LogP contribution < -0.4 is 14.8 Å². The van der Waals surface area contributed by atoms with Crippen LogP contribution in [-0.2, 0) is 6.42 Å². The lowest BCUT2D eigenvalue weighted by Crippen LogP contribution is -2.06. The molecule has 0 radical (unpaired) electrons. The summed E-state index contributed by atoms with van der Waals surface area (Å²) in [6, 6.07) is 5.78. The summed E-state index contributed by atoms with van der Waals surface area (Å²) in [5, 5.41) is 10.6. The van der Waals surface area contributed by atoms with Gasteiger partial charge < -0.3 is 14.8 Å². The van der Waals surface area contributed by atoms with Crippen molar-refractivity contribution in [2.24, 2.45) is 0 Å². The van der Waals surface area contributed by atoms with Crippen LogP contribution in [0.5, 0.6) is 11.5 Å². The Morgan fingerprint density at radius 1 is 1.24 bits per heavy atom. The molecule has 1 fully saturated rings. The summed E-state index contributed by atoms with van der Waals surface area (Å²) in [6.07, 6.45) is 3.26. The first-order chi connectivity index (χ1) is 10.3. The molecular formula is C15H20N4O2. The molecule has 1 saturated carbocycles. The van der Waals surface area contributed by atoms with E-state index < -0.39 is 0 Å². The second kappa shape index (κ2) is 6.03. The number of rotatable bonds is 7. The van der Waals surface area contributed by atoms with E-state index in [0.29, 0.717) is 5.92 Å². The Balaban J connectivity index is 1.54. The van der Waals surface area contributed by atoms with Gasteiger partial charge in [-0.15, -0.1) is 0 Å². The molecule has 1 heterocycles. The molecule has 6 heteroatoms. The third kappa shape index (κ3) is 3.26. The second-order valence-electron chi connectivity index (χ2n) is 5.16. The van der Waals surface area contributed by atoms with Crippen LogP contribution in [0, 0.1) is 0 Å². The van der Waals surface area contributed by atoms with Gasteiger partial charge >= 0.3 is 0 Å². The van der Waals surface area contributed by atoms with Crippen molar-refractivity contribution in [3.63, 3.8) is 0 Å². The largest absolute Gasteiger partial charge is 0.493 e. The third-order valence-electron chi connectivity index (χ3n) is 3.57. The van der Waals surface area contributed by atoms with E-state index in [0.717, 1.165) is 41.8 Å². The second-order valence-corrected chi connectivity index (χ2v) is 5.16. The Morgan fingerprint density at radius 2 is 2.05 bits per heavy atom. The molecule has 1 aliphatic carbocycles. The minimum Gasteiger partial charge on any atom is -0.493 e. The lowest BCUT2D eigenvalue weighted by Gasteiger charge is -2.10. The van der Waals surface area contributed by atoms with E-state index in [1.165, 1.54) is 12.8 Å².